The Kier molecular flexibility index (Phi) is 5.87. The van der Waals surface area contributed by atoms with Crippen molar-refractivity contribution in [2.24, 2.45) is 10.2 Å². The van der Waals surface area contributed by atoms with Gasteiger partial charge in [-0.3, -0.25) is 0 Å². The van der Waals surface area contributed by atoms with Crippen LogP contribution in [0.2, 0.25) is 0 Å². The Hall–Kier alpha value is -2.77. The number of hydrogen-bond acceptors (Lipinski definition) is 3. The van der Waals surface area contributed by atoms with Crippen molar-refractivity contribution in [3.63, 3.8) is 0 Å². The number of hydrogen-bond donors (Lipinski definition) is 1. The van der Waals surface area contributed by atoms with Crippen molar-refractivity contribution >= 4 is 47.9 Å². The van der Waals surface area contributed by atoms with E-state index in [-0.39, 0.29) is 5.75 Å². The average molecular weight is 461 g/mol. The van der Waals surface area contributed by atoms with Crippen LogP contribution in [0.3, 0.4) is 0 Å². The van der Waals surface area contributed by atoms with E-state index in [1.54, 1.807) is 6.07 Å². The van der Waals surface area contributed by atoms with Crippen LogP contribution in [0.15, 0.2) is 119 Å². The van der Waals surface area contributed by atoms with Gasteiger partial charge in [-0.15, -0.1) is 0 Å². The van der Waals surface area contributed by atoms with Crippen LogP contribution in [0, 0.1) is 0 Å². The molecule has 29 heavy (non-hydrogen) atoms. The number of azo groups is 1. The second kappa shape index (κ2) is 8.71. The van der Waals surface area contributed by atoms with Crippen LogP contribution in [0.25, 0.3) is 0 Å². The summed E-state index contributed by atoms with van der Waals surface area (Å²) in [5, 5.41) is 22.5. The molecule has 4 rings (SSSR count). The van der Waals surface area contributed by atoms with Gasteiger partial charge in [0.25, 0.3) is 0 Å². The molecule has 0 atom stereocenters. The Morgan fingerprint density at radius 3 is 1.66 bits per heavy atom. The Balaban J connectivity index is 1.84. The molecule has 0 aliphatic heterocycles. The van der Waals surface area contributed by atoms with Crippen LogP contribution in [-0.2, 0) is 0 Å². The fraction of sp³-hybridized carbons (Fsp3) is 0. The number of phenolic OH excluding ortho intramolecular Hbond substituents is 1. The minimum absolute atomic E-state index is 0.112. The molecule has 0 saturated heterocycles. The summed E-state index contributed by atoms with van der Waals surface area (Å²) in [5.74, 6) is 0.112. The van der Waals surface area contributed by atoms with E-state index in [0.29, 0.717) is 5.69 Å². The number of nitrogens with zero attached hydrogens (tertiary/aromatic N) is 2. The molecule has 142 valence electrons. The predicted octanol–water partition coefficient (Wildman–Crippen LogP) is 5.19. The van der Waals surface area contributed by atoms with Crippen molar-refractivity contribution in [2.75, 3.05) is 0 Å². The first kappa shape index (κ1) is 19.5. The summed E-state index contributed by atoms with van der Waals surface area (Å²) < 4.78 is 0. The summed E-state index contributed by atoms with van der Waals surface area (Å²) >= 11 is 3.52. The molecule has 0 heterocycles. The average Bonchev–Trinajstić information content (AvgIpc) is 2.80. The SMILES string of the molecule is Oc1ccc(P(=[Se])(c2ccccc2)c2ccccc2)cc1N=Nc1ccccc1. The summed E-state index contributed by atoms with van der Waals surface area (Å²) in [7, 11) is 0. The van der Waals surface area contributed by atoms with Gasteiger partial charge in [-0.1, -0.05) is 0 Å². The van der Waals surface area contributed by atoms with Crippen molar-refractivity contribution in [1.82, 2.24) is 0 Å². The molecule has 3 nitrogen and oxygen atoms in total. The van der Waals surface area contributed by atoms with E-state index in [1.165, 1.54) is 10.6 Å². The van der Waals surface area contributed by atoms with Gasteiger partial charge in [-0.25, -0.2) is 0 Å². The second-order valence-corrected chi connectivity index (χ2v) is 12.7. The molecular weight excluding hydrogens is 442 g/mol. The zero-order valence-electron chi connectivity index (χ0n) is 15.6. The molecule has 4 aromatic carbocycles. The first-order valence-corrected chi connectivity index (χ1v) is 13.2. The fourth-order valence-corrected chi connectivity index (χ4v) is 8.03. The summed E-state index contributed by atoms with van der Waals surface area (Å²) in [6.45, 7) is 0. The van der Waals surface area contributed by atoms with Gasteiger partial charge < -0.3 is 0 Å². The van der Waals surface area contributed by atoms with Gasteiger partial charge in [-0.2, -0.15) is 0 Å². The molecule has 0 saturated carbocycles. The van der Waals surface area contributed by atoms with Gasteiger partial charge in [0, 0.05) is 0 Å². The molecule has 5 heteroatoms. The molecule has 0 amide bonds. The molecule has 0 radical (unpaired) electrons. The summed E-state index contributed by atoms with van der Waals surface area (Å²) in [5.41, 5.74) is -0.807. The first-order valence-electron chi connectivity index (χ1n) is 9.19. The van der Waals surface area contributed by atoms with Gasteiger partial charge in [0.15, 0.2) is 0 Å². The molecule has 0 unspecified atom stereocenters. The normalized spacial score (nSPS) is 11.6. The third-order valence-corrected chi connectivity index (χ3v) is 11.6. The van der Waals surface area contributed by atoms with Crippen LogP contribution in [-0.4, -0.2) is 20.2 Å². The van der Waals surface area contributed by atoms with Crippen molar-refractivity contribution < 1.29 is 5.11 Å². The zero-order chi connectivity index (χ0) is 20.1. The number of rotatable bonds is 5. The van der Waals surface area contributed by atoms with Crippen molar-refractivity contribution in [2.45, 2.75) is 0 Å². The molecule has 0 aromatic heterocycles. The summed E-state index contributed by atoms with van der Waals surface area (Å²) in [4.78, 5) is 0. The van der Waals surface area contributed by atoms with E-state index >= 15 is 0 Å². The molecule has 0 fully saturated rings. The predicted molar refractivity (Wildman–Crippen MR) is 123 cm³/mol. The number of aromatic hydroxyl groups is 1. The molecule has 4 aromatic rings. The second-order valence-electron chi connectivity index (χ2n) is 6.49. The summed E-state index contributed by atoms with van der Waals surface area (Å²) in [6.07, 6.45) is 0. The van der Waals surface area contributed by atoms with E-state index in [4.69, 9.17) is 0 Å². The molecule has 0 aliphatic carbocycles. The number of phenols is 1. The monoisotopic (exact) mass is 462 g/mol. The third-order valence-electron chi connectivity index (χ3n) is 4.59. The van der Waals surface area contributed by atoms with E-state index in [9.17, 15) is 5.11 Å². The molecule has 0 spiro atoms. The van der Waals surface area contributed by atoms with Crippen molar-refractivity contribution in [1.29, 1.82) is 0 Å². The van der Waals surface area contributed by atoms with Gasteiger partial charge in [0.05, 0.1) is 0 Å². The van der Waals surface area contributed by atoms with Gasteiger partial charge in [0.1, 0.15) is 0 Å². The van der Waals surface area contributed by atoms with Crippen LogP contribution < -0.4 is 15.9 Å². The van der Waals surface area contributed by atoms with E-state index < -0.39 is 5.51 Å². The number of benzene rings is 4. The van der Waals surface area contributed by atoms with Gasteiger partial charge >= 0.3 is 178 Å². The molecule has 0 bridgehead atoms. The summed E-state index contributed by atoms with van der Waals surface area (Å²) in [6, 6.07) is 36.0. The molecular formula is C24H19N2OPSe. The van der Waals surface area contributed by atoms with Crippen molar-refractivity contribution in [3.8, 4) is 5.75 Å². The van der Waals surface area contributed by atoms with Crippen molar-refractivity contribution in [3.05, 3.63) is 109 Å². The third kappa shape index (κ3) is 4.16. The topological polar surface area (TPSA) is 45.0 Å². The van der Waals surface area contributed by atoms with E-state index in [0.717, 1.165) is 11.0 Å². The van der Waals surface area contributed by atoms with E-state index in [2.05, 4.69) is 73.9 Å². The quantitative estimate of drug-likeness (QED) is 0.248. The zero-order valence-corrected chi connectivity index (χ0v) is 18.2. The Morgan fingerprint density at radius 1 is 0.586 bits per heavy atom. The van der Waals surface area contributed by atoms with Crippen LogP contribution in [0.1, 0.15) is 0 Å². The maximum absolute atomic E-state index is 10.4. The van der Waals surface area contributed by atoms with Gasteiger partial charge in [0.2, 0.25) is 0 Å². The van der Waals surface area contributed by atoms with Crippen LogP contribution in [0.4, 0.5) is 11.4 Å². The van der Waals surface area contributed by atoms with Crippen LogP contribution >= 0.6 is 5.51 Å². The Labute approximate surface area is 178 Å². The van der Waals surface area contributed by atoms with Crippen LogP contribution in [0.5, 0.6) is 5.75 Å². The first-order chi connectivity index (χ1) is 14.2. The standard InChI is InChI=1S/C24H19N2OPSe/c27-24-17-16-22(18-23(24)26-25-19-10-4-1-5-11-19)28(29,20-12-6-2-7-13-20)21-14-8-3-9-15-21/h1-18,27H. The Bertz CT molecular complexity index is 1140. The minimum atomic E-state index is -2.01. The van der Waals surface area contributed by atoms with Gasteiger partial charge in [-0.05, 0) is 0 Å². The fourth-order valence-electron chi connectivity index (χ4n) is 3.12. The maximum atomic E-state index is 10.4. The molecule has 0 aliphatic rings. The molecule has 1 N–H and O–H groups in total. The van der Waals surface area contributed by atoms with E-state index in [1.807, 2.05) is 54.6 Å². The Morgan fingerprint density at radius 2 is 1.10 bits per heavy atom.